The number of allylic oxidation sites excluding steroid dienone is 1. The Morgan fingerprint density at radius 3 is 2.65 bits per heavy atom. The van der Waals surface area contributed by atoms with Crippen LogP contribution in [0.3, 0.4) is 0 Å². The average Bonchev–Trinajstić information content (AvgIpc) is 3.58. The van der Waals surface area contributed by atoms with Crippen LogP contribution in [0.25, 0.3) is 56.0 Å². The Kier molecular flexibility index (Phi) is 5.90. The molecule has 0 saturated carbocycles. The molecule has 3 aromatic carbocycles. The van der Waals surface area contributed by atoms with Gasteiger partial charge in [-0.05, 0) is 53.2 Å². The second-order valence-corrected chi connectivity index (χ2v) is 9.86. The van der Waals surface area contributed by atoms with Crippen molar-refractivity contribution in [2.45, 2.75) is 0 Å². The lowest BCUT2D eigenvalue weighted by molar-refractivity contribution is 0.563. The Morgan fingerprint density at radius 1 is 0.946 bits per heavy atom. The van der Waals surface area contributed by atoms with Crippen molar-refractivity contribution >= 4 is 67.9 Å². The van der Waals surface area contributed by atoms with Gasteiger partial charge in [0.2, 0.25) is 0 Å². The first kappa shape index (κ1) is 23.3. The minimum absolute atomic E-state index is 0.307. The van der Waals surface area contributed by atoms with Crippen molar-refractivity contribution in [3.63, 3.8) is 0 Å². The molecule has 178 valence electrons. The molecule has 0 bridgehead atoms. The molecule has 3 heterocycles. The van der Waals surface area contributed by atoms with E-state index in [0.29, 0.717) is 49.0 Å². The summed E-state index contributed by atoms with van der Waals surface area (Å²) in [6, 6.07) is 24.3. The Labute approximate surface area is 224 Å². The summed E-state index contributed by atoms with van der Waals surface area (Å²) < 4.78 is 11.5. The smallest absolute Gasteiger partial charge is 0.345 e. The predicted octanol–water partition coefficient (Wildman–Crippen LogP) is 8.70. The molecule has 0 radical (unpaired) electrons. The third kappa shape index (κ3) is 4.34. The van der Waals surface area contributed by atoms with Gasteiger partial charge in [-0.1, -0.05) is 53.5 Å². The van der Waals surface area contributed by atoms with Crippen molar-refractivity contribution in [2.75, 3.05) is 0 Å². The van der Waals surface area contributed by atoms with Crippen molar-refractivity contribution in [1.29, 1.82) is 5.26 Å². The van der Waals surface area contributed by atoms with Crippen LogP contribution in [0.15, 0.2) is 91.8 Å². The van der Waals surface area contributed by atoms with Gasteiger partial charge in [-0.2, -0.15) is 5.26 Å². The quantitative estimate of drug-likeness (QED) is 0.127. The second-order valence-electron chi connectivity index (χ2n) is 8.18. The Morgan fingerprint density at radius 2 is 1.81 bits per heavy atom. The number of hydrogen-bond donors (Lipinski definition) is 0. The molecule has 0 unspecified atom stereocenters. The first-order valence-electron chi connectivity index (χ1n) is 11.1. The number of benzene rings is 3. The van der Waals surface area contributed by atoms with E-state index in [1.54, 1.807) is 53.9 Å². The van der Waals surface area contributed by atoms with Crippen LogP contribution in [0.1, 0.15) is 10.8 Å². The van der Waals surface area contributed by atoms with E-state index in [9.17, 15) is 10.1 Å². The highest BCUT2D eigenvalue weighted by atomic mass is 35.5. The lowest BCUT2D eigenvalue weighted by Gasteiger charge is -2.04. The molecule has 0 N–H and O–H groups in total. The van der Waals surface area contributed by atoms with E-state index in [1.807, 2.05) is 30.3 Å². The number of aromatic nitrogens is 1. The van der Waals surface area contributed by atoms with Gasteiger partial charge in [0.1, 0.15) is 28.2 Å². The Balaban J connectivity index is 1.36. The number of nitrogens with zero attached hydrogens (tertiary/aromatic N) is 2. The van der Waals surface area contributed by atoms with Gasteiger partial charge in [0.15, 0.2) is 0 Å². The highest BCUT2D eigenvalue weighted by Crippen LogP contribution is 2.32. The van der Waals surface area contributed by atoms with Gasteiger partial charge in [-0.25, -0.2) is 9.78 Å². The van der Waals surface area contributed by atoms with Crippen LogP contribution >= 0.6 is 34.5 Å². The van der Waals surface area contributed by atoms with Gasteiger partial charge in [0.05, 0.1) is 26.9 Å². The molecule has 6 aromatic rings. The fourth-order valence-corrected chi connectivity index (χ4v) is 5.17. The molecule has 6 rings (SSSR count). The maximum atomic E-state index is 12.8. The molecule has 0 spiro atoms. The summed E-state index contributed by atoms with van der Waals surface area (Å²) in [6.45, 7) is 0. The van der Waals surface area contributed by atoms with Crippen molar-refractivity contribution in [3.05, 3.63) is 109 Å². The summed E-state index contributed by atoms with van der Waals surface area (Å²) in [5.74, 6) is 1.06. The zero-order valence-corrected chi connectivity index (χ0v) is 21.2. The highest BCUT2D eigenvalue weighted by Gasteiger charge is 2.16. The zero-order valence-electron chi connectivity index (χ0n) is 18.9. The number of nitriles is 1. The van der Waals surface area contributed by atoms with E-state index in [2.05, 4.69) is 11.1 Å². The summed E-state index contributed by atoms with van der Waals surface area (Å²) >= 11 is 13.4. The first-order valence-corrected chi connectivity index (χ1v) is 12.7. The molecule has 0 aliphatic carbocycles. The van der Waals surface area contributed by atoms with Crippen molar-refractivity contribution < 1.29 is 8.83 Å². The second kappa shape index (κ2) is 9.38. The molecular weight excluding hydrogens is 527 g/mol. The fourth-order valence-electron chi connectivity index (χ4n) is 4.09. The van der Waals surface area contributed by atoms with E-state index < -0.39 is 5.63 Å². The largest absolute Gasteiger partial charge is 0.457 e. The maximum absolute atomic E-state index is 12.8. The Hall–Kier alpha value is -4.15. The molecule has 0 amide bonds. The molecule has 0 saturated heterocycles. The van der Waals surface area contributed by atoms with Crippen LogP contribution in [0, 0.1) is 11.3 Å². The minimum Gasteiger partial charge on any atom is -0.457 e. The summed E-state index contributed by atoms with van der Waals surface area (Å²) in [7, 11) is 0. The summed E-state index contributed by atoms with van der Waals surface area (Å²) in [5, 5.41) is 15.7. The van der Waals surface area contributed by atoms with E-state index in [0.717, 1.165) is 21.7 Å². The highest BCUT2D eigenvalue weighted by molar-refractivity contribution is 7.11. The third-order valence-electron chi connectivity index (χ3n) is 5.89. The van der Waals surface area contributed by atoms with Crippen LogP contribution in [0.4, 0.5) is 0 Å². The van der Waals surface area contributed by atoms with E-state index in [1.165, 1.54) is 11.3 Å². The molecule has 37 heavy (non-hydrogen) atoms. The Bertz CT molecular complexity index is 1960. The average molecular weight is 541 g/mol. The molecule has 0 aliphatic rings. The van der Waals surface area contributed by atoms with Gasteiger partial charge in [0.25, 0.3) is 0 Å². The molecule has 3 aromatic heterocycles. The van der Waals surface area contributed by atoms with Gasteiger partial charge in [-0.3, -0.25) is 0 Å². The number of thiazole rings is 1. The molecule has 0 aliphatic heterocycles. The van der Waals surface area contributed by atoms with Crippen LogP contribution in [0.5, 0.6) is 0 Å². The van der Waals surface area contributed by atoms with Crippen molar-refractivity contribution in [1.82, 2.24) is 4.98 Å². The molecular formula is C29H14Cl2N2O3S. The van der Waals surface area contributed by atoms with Crippen LogP contribution in [-0.4, -0.2) is 4.98 Å². The predicted molar refractivity (Wildman–Crippen MR) is 149 cm³/mol. The van der Waals surface area contributed by atoms with Gasteiger partial charge >= 0.3 is 5.63 Å². The lowest BCUT2D eigenvalue weighted by atomic mass is 10.0. The molecule has 8 heteroatoms. The SMILES string of the molecule is N#C/C(=C\c1ccc(-c2ccc(Cl)c(Cl)c2)o1)c1nc(-c2cc3c(ccc4ccccc43)oc2=O)cs1. The van der Waals surface area contributed by atoms with Crippen molar-refractivity contribution in [2.24, 2.45) is 0 Å². The summed E-state index contributed by atoms with van der Waals surface area (Å²) in [6.07, 6.45) is 1.61. The number of hydrogen-bond acceptors (Lipinski definition) is 6. The third-order valence-corrected chi connectivity index (χ3v) is 7.51. The standard InChI is InChI=1S/C29H14Cl2N2O3S/c30-23-8-5-17(12-24(23)31)26-10-7-19(35-26)11-18(14-32)28-33-25(15-37-28)22-13-21-20-4-2-1-3-16(20)6-9-27(21)36-29(22)34/h1-13,15H/b18-11+. The fraction of sp³-hybridized carbons (Fsp3) is 0. The van der Waals surface area contributed by atoms with Gasteiger partial charge in [-0.15, -0.1) is 11.3 Å². The lowest BCUT2D eigenvalue weighted by Crippen LogP contribution is -2.03. The molecule has 5 nitrogen and oxygen atoms in total. The number of halogens is 2. The zero-order chi connectivity index (χ0) is 25.5. The first-order chi connectivity index (χ1) is 18.0. The maximum Gasteiger partial charge on any atom is 0.345 e. The van der Waals surface area contributed by atoms with Crippen LogP contribution in [-0.2, 0) is 0 Å². The normalized spacial score (nSPS) is 11.8. The number of rotatable bonds is 4. The topological polar surface area (TPSA) is 80.0 Å². The van der Waals surface area contributed by atoms with Crippen LogP contribution < -0.4 is 5.63 Å². The minimum atomic E-state index is -0.487. The van der Waals surface area contributed by atoms with Gasteiger partial charge in [0, 0.05) is 22.4 Å². The number of furan rings is 1. The summed E-state index contributed by atoms with van der Waals surface area (Å²) in [4.78, 5) is 17.4. The van der Waals surface area contributed by atoms with Crippen LogP contribution in [0.2, 0.25) is 10.0 Å². The monoisotopic (exact) mass is 540 g/mol. The van der Waals surface area contributed by atoms with Gasteiger partial charge < -0.3 is 8.83 Å². The van der Waals surface area contributed by atoms with E-state index >= 15 is 0 Å². The molecule has 0 atom stereocenters. The van der Waals surface area contributed by atoms with Crippen molar-refractivity contribution in [3.8, 4) is 28.7 Å². The van der Waals surface area contributed by atoms with E-state index in [-0.39, 0.29) is 0 Å². The summed E-state index contributed by atoms with van der Waals surface area (Å²) in [5.41, 5.74) is 1.88. The van der Waals surface area contributed by atoms with E-state index in [4.69, 9.17) is 32.0 Å². The number of fused-ring (bicyclic) bond motifs is 3. The molecule has 0 fully saturated rings.